The lowest BCUT2D eigenvalue weighted by atomic mass is 10.1. The van der Waals surface area contributed by atoms with Crippen LogP contribution in [0.4, 0.5) is 0 Å². The van der Waals surface area contributed by atoms with E-state index in [9.17, 15) is 0 Å². The monoisotopic (exact) mass is 261 g/mol. The minimum Gasteiger partial charge on any atom is -0.383 e. The lowest BCUT2D eigenvalue weighted by Gasteiger charge is -2.05. The maximum Gasteiger partial charge on any atom is 0.228 e. The Bertz CT molecular complexity index is 525. The molecule has 0 aliphatic rings. The van der Waals surface area contributed by atoms with E-state index in [2.05, 4.69) is 35.3 Å². The van der Waals surface area contributed by atoms with Crippen molar-refractivity contribution in [3.05, 3.63) is 47.1 Å². The second-order valence-corrected chi connectivity index (χ2v) is 4.69. The zero-order valence-corrected chi connectivity index (χ0v) is 11.3. The highest BCUT2D eigenvalue weighted by Crippen LogP contribution is 2.09. The van der Waals surface area contributed by atoms with Gasteiger partial charge in [0.25, 0.3) is 0 Å². The van der Waals surface area contributed by atoms with Gasteiger partial charge in [0.15, 0.2) is 5.82 Å². The minimum atomic E-state index is -0.114. The Labute approximate surface area is 112 Å². The molecule has 0 aliphatic heterocycles. The summed E-state index contributed by atoms with van der Waals surface area (Å²) in [5.41, 5.74) is 8.25. The maximum atomic E-state index is 5.85. The Morgan fingerprint density at radius 2 is 2.26 bits per heavy atom. The first kappa shape index (κ1) is 13.7. The van der Waals surface area contributed by atoms with Crippen molar-refractivity contribution in [1.29, 1.82) is 0 Å². The van der Waals surface area contributed by atoms with Gasteiger partial charge in [-0.1, -0.05) is 35.0 Å². The van der Waals surface area contributed by atoms with Crippen LogP contribution in [-0.2, 0) is 17.6 Å². The summed E-state index contributed by atoms with van der Waals surface area (Å²) < 4.78 is 10.2. The van der Waals surface area contributed by atoms with Crippen molar-refractivity contribution in [2.75, 3.05) is 13.7 Å². The number of rotatable bonds is 6. The molecule has 0 bridgehead atoms. The van der Waals surface area contributed by atoms with Crippen LogP contribution in [0.25, 0.3) is 0 Å². The van der Waals surface area contributed by atoms with Gasteiger partial charge in [0.1, 0.15) is 0 Å². The fraction of sp³-hybridized carbons (Fsp3) is 0.429. The topological polar surface area (TPSA) is 74.2 Å². The van der Waals surface area contributed by atoms with Crippen LogP contribution in [0.1, 0.15) is 22.8 Å². The van der Waals surface area contributed by atoms with E-state index in [0.29, 0.717) is 31.2 Å². The molecule has 0 amide bonds. The average Bonchev–Trinajstić information content (AvgIpc) is 2.76. The van der Waals surface area contributed by atoms with Crippen molar-refractivity contribution in [2.24, 2.45) is 5.73 Å². The third kappa shape index (κ3) is 4.15. The summed E-state index contributed by atoms with van der Waals surface area (Å²) in [5, 5.41) is 3.97. The number of ether oxygens (including phenoxy) is 1. The van der Waals surface area contributed by atoms with Crippen molar-refractivity contribution in [1.82, 2.24) is 10.1 Å². The molecule has 1 aromatic heterocycles. The van der Waals surface area contributed by atoms with Crippen LogP contribution >= 0.6 is 0 Å². The zero-order chi connectivity index (χ0) is 13.7. The lowest BCUT2D eigenvalue weighted by Crippen LogP contribution is -2.28. The summed E-state index contributed by atoms with van der Waals surface area (Å²) in [6.45, 7) is 2.55. The zero-order valence-electron chi connectivity index (χ0n) is 11.3. The van der Waals surface area contributed by atoms with Gasteiger partial charge in [0.2, 0.25) is 5.89 Å². The van der Waals surface area contributed by atoms with Crippen molar-refractivity contribution in [2.45, 2.75) is 25.8 Å². The first-order chi connectivity index (χ1) is 9.17. The first-order valence-electron chi connectivity index (χ1n) is 6.29. The molecule has 0 spiro atoms. The van der Waals surface area contributed by atoms with Crippen LogP contribution in [0.15, 0.2) is 28.8 Å². The number of nitrogens with two attached hydrogens (primary N) is 1. The summed E-state index contributed by atoms with van der Waals surface area (Å²) >= 11 is 0. The summed E-state index contributed by atoms with van der Waals surface area (Å²) in [7, 11) is 1.62. The van der Waals surface area contributed by atoms with Crippen LogP contribution < -0.4 is 5.73 Å². The highest BCUT2D eigenvalue weighted by molar-refractivity contribution is 5.24. The summed E-state index contributed by atoms with van der Waals surface area (Å²) in [5.74, 6) is 1.25. The number of nitrogens with zero attached hydrogens (tertiary/aromatic N) is 2. The second kappa shape index (κ2) is 6.45. The molecule has 1 aromatic carbocycles. The Balaban J connectivity index is 1.97. The van der Waals surface area contributed by atoms with Crippen molar-refractivity contribution in [3.8, 4) is 0 Å². The number of hydrogen-bond donors (Lipinski definition) is 1. The Morgan fingerprint density at radius 1 is 1.42 bits per heavy atom. The SMILES string of the molecule is COCC(N)Cc1nc(Cc2cccc(C)c2)no1. The predicted molar refractivity (Wildman–Crippen MR) is 71.8 cm³/mol. The number of aromatic nitrogens is 2. The highest BCUT2D eigenvalue weighted by atomic mass is 16.5. The molecule has 1 atom stereocenters. The lowest BCUT2D eigenvalue weighted by molar-refractivity contribution is 0.176. The molecule has 1 unspecified atom stereocenters. The molecule has 0 fully saturated rings. The molecule has 19 heavy (non-hydrogen) atoms. The fourth-order valence-electron chi connectivity index (χ4n) is 1.95. The minimum absolute atomic E-state index is 0.114. The molecule has 2 N–H and O–H groups in total. The van der Waals surface area contributed by atoms with E-state index in [0.717, 1.165) is 0 Å². The molecular weight excluding hydrogens is 242 g/mol. The second-order valence-electron chi connectivity index (χ2n) is 4.69. The number of benzene rings is 1. The van der Waals surface area contributed by atoms with Crippen LogP contribution in [0, 0.1) is 6.92 Å². The molecular formula is C14H19N3O2. The maximum absolute atomic E-state index is 5.85. The van der Waals surface area contributed by atoms with Gasteiger partial charge in [0.05, 0.1) is 6.61 Å². The number of methoxy groups -OCH3 is 1. The molecule has 2 aromatic rings. The van der Waals surface area contributed by atoms with Gasteiger partial charge in [-0.2, -0.15) is 4.98 Å². The quantitative estimate of drug-likeness (QED) is 0.852. The molecule has 0 radical (unpaired) electrons. The normalized spacial score (nSPS) is 12.6. The van der Waals surface area contributed by atoms with Crippen LogP contribution in [-0.4, -0.2) is 29.9 Å². The van der Waals surface area contributed by atoms with Gasteiger partial charge in [-0.25, -0.2) is 0 Å². The van der Waals surface area contributed by atoms with E-state index < -0.39 is 0 Å². The van der Waals surface area contributed by atoms with Gasteiger partial charge < -0.3 is 15.0 Å². The van der Waals surface area contributed by atoms with Crippen LogP contribution in [0.3, 0.4) is 0 Å². The molecule has 5 nitrogen and oxygen atoms in total. The first-order valence-corrected chi connectivity index (χ1v) is 6.29. The molecule has 0 aliphatic carbocycles. The van der Waals surface area contributed by atoms with E-state index in [4.69, 9.17) is 15.0 Å². The van der Waals surface area contributed by atoms with Crippen molar-refractivity contribution < 1.29 is 9.26 Å². The standard InChI is InChI=1S/C14H19N3O2/c1-10-4-3-5-11(6-10)7-13-16-14(19-17-13)8-12(15)9-18-2/h3-6,12H,7-9,15H2,1-2H3. The highest BCUT2D eigenvalue weighted by Gasteiger charge is 2.11. The molecule has 5 heteroatoms. The summed E-state index contributed by atoms with van der Waals surface area (Å²) in [6.07, 6.45) is 1.21. The largest absolute Gasteiger partial charge is 0.383 e. The Morgan fingerprint density at radius 3 is 3.00 bits per heavy atom. The Hall–Kier alpha value is -1.72. The van der Waals surface area contributed by atoms with E-state index in [1.807, 2.05) is 6.07 Å². The van der Waals surface area contributed by atoms with E-state index >= 15 is 0 Å². The van der Waals surface area contributed by atoms with Gasteiger partial charge in [-0.3, -0.25) is 0 Å². The number of aryl methyl sites for hydroxylation is 1. The van der Waals surface area contributed by atoms with Gasteiger partial charge in [-0.05, 0) is 12.5 Å². The van der Waals surface area contributed by atoms with E-state index in [-0.39, 0.29) is 6.04 Å². The van der Waals surface area contributed by atoms with Crippen molar-refractivity contribution in [3.63, 3.8) is 0 Å². The molecule has 2 rings (SSSR count). The average molecular weight is 261 g/mol. The predicted octanol–water partition coefficient (Wildman–Crippen LogP) is 1.49. The molecule has 0 saturated carbocycles. The number of hydrogen-bond acceptors (Lipinski definition) is 5. The molecule has 0 saturated heterocycles. The van der Waals surface area contributed by atoms with Gasteiger partial charge in [0, 0.05) is 26.0 Å². The third-order valence-corrected chi connectivity index (χ3v) is 2.77. The fourth-order valence-corrected chi connectivity index (χ4v) is 1.95. The third-order valence-electron chi connectivity index (χ3n) is 2.77. The molecule has 1 heterocycles. The van der Waals surface area contributed by atoms with Crippen LogP contribution in [0.2, 0.25) is 0 Å². The summed E-state index contributed by atoms with van der Waals surface area (Å²) in [6, 6.07) is 8.15. The van der Waals surface area contributed by atoms with Gasteiger partial charge >= 0.3 is 0 Å². The van der Waals surface area contributed by atoms with Crippen LogP contribution in [0.5, 0.6) is 0 Å². The van der Waals surface area contributed by atoms with Gasteiger partial charge in [-0.15, -0.1) is 0 Å². The Kier molecular flexibility index (Phi) is 4.65. The smallest absolute Gasteiger partial charge is 0.228 e. The van der Waals surface area contributed by atoms with E-state index in [1.54, 1.807) is 7.11 Å². The molecule has 102 valence electrons. The van der Waals surface area contributed by atoms with E-state index in [1.165, 1.54) is 11.1 Å². The summed E-state index contributed by atoms with van der Waals surface area (Å²) in [4.78, 5) is 4.34. The van der Waals surface area contributed by atoms with Crippen molar-refractivity contribution >= 4 is 0 Å².